The second kappa shape index (κ2) is 17.1. The van der Waals surface area contributed by atoms with E-state index in [0.29, 0.717) is 0 Å². The van der Waals surface area contributed by atoms with E-state index in [1.54, 1.807) is 0 Å². The summed E-state index contributed by atoms with van der Waals surface area (Å²) in [6.45, 7) is -1.36. The maximum Gasteiger partial charge on any atom is 0.408 e. The fourth-order valence-corrected chi connectivity index (χ4v) is 5.31. The quantitative estimate of drug-likeness (QED) is 0.0630. The van der Waals surface area contributed by atoms with Crippen LogP contribution in [0.3, 0.4) is 0 Å². The van der Waals surface area contributed by atoms with E-state index in [4.69, 9.17) is 23.7 Å². The molecule has 47 heavy (non-hydrogen) atoms. The minimum absolute atomic E-state index is 0.0884. The van der Waals surface area contributed by atoms with Crippen molar-refractivity contribution < 1.29 is 99.7 Å². The summed E-state index contributed by atoms with van der Waals surface area (Å²) < 4.78 is 26.9. The van der Waals surface area contributed by atoms with E-state index in [1.807, 2.05) is 0 Å². The van der Waals surface area contributed by atoms with E-state index < -0.39 is 136 Å². The molecule has 21 heteroatoms. The number of hydrogen-bond donors (Lipinski definition) is 14. The third-order valence-electron chi connectivity index (χ3n) is 8.10. The molecule has 21 nitrogen and oxygen atoms in total. The Labute approximate surface area is 266 Å². The highest BCUT2D eigenvalue weighted by molar-refractivity contribution is 5.68. The molecule has 0 aromatic rings. The average molecular weight is 690 g/mol. The summed E-state index contributed by atoms with van der Waals surface area (Å²) in [6.07, 6.45) is -31.2. The van der Waals surface area contributed by atoms with E-state index in [-0.39, 0.29) is 11.9 Å². The van der Waals surface area contributed by atoms with Gasteiger partial charge in [0, 0.05) is 0 Å². The summed E-state index contributed by atoms with van der Waals surface area (Å²) in [4.78, 5) is 23.5. The van der Waals surface area contributed by atoms with Crippen LogP contribution in [0, 0.1) is 0 Å². The van der Waals surface area contributed by atoms with Crippen molar-refractivity contribution in [2.45, 2.75) is 117 Å². The van der Waals surface area contributed by atoms with Crippen LogP contribution in [-0.2, 0) is 28.5 Å². The van der Waals surface area contributed by atoms with Crippen LogP contribution in [0.1, 0.15) is 6.92 Å². The molecule has 3 aliphatic rings. The zero-order valence-electron chi connectivity index (χ0n) is 24.8. The van der Waals surface area contributed by atoms with Gasteiger partial charge in [0.2, 0.25) is 0 Å². The standard InChI is InChI=1S/C26H43NO20/c1-7-21(47-26(42)27-9-2-8(3-28)13(34)16(37)14(9)35)17(38)19(40)24(43-7)46-23-12(6-31)44-25(20(41)18(23)39)45-22(11(33)5-30)15(36)10(32)4-29/h2,4,7,9-25,28,30-41H,3,5-6H2,1H3,(H,27,42)/t7-,9?,10?,11-,12?,13-,14+,15?,16?,17-,18?,19?,20-,21?,22?,23?,24+,25?/m1/s1. The molecule has 2 fully saturated rings. The van der Waals surface area contributed by atoms with Crippen LogP contribution in [0.5, 0.6) is 0 Å². The predicted molar refractivity (Wildman–Crippen MR) is 145 cm³/mol. The first-order valence-corrected chi connectivity index (χ1v) is 14.5. The van der Waals surface area contributed by atoms with Crippen molar-refractivity contribution in [2.75, 3.05) is 19.8 Å². The molecule has 11 unspecified atom stereocenters. The van der Waals surface area contributed by atoms with E-state index in [1.165, 1.54) is 6.92 Å². The van der Waals surface area contributed by atoms with Crippen molar-refractivity contribution >= 4 is 12.4 Å². The number of hydrogen-bond acceptors (Lipinski definition) is 20. The highest BCUT2D eigenvalue weighted by atomic mass is 16.7. The molecule has 0 radical (unpaired) electrons. The Hall–Kier alpha value is -2.00. The van der Waals surface area contributed by atoms with Gasteiger partial charge >= 0.3 is 6.09 Å². The lowest BCUT2D eigenvalue weighted by Gasteiger charge is -2.47. The maximum atomic E-state index is 12.6. The summed E-state index contributed by atoms with van der Waals surface area (Å²) in [5.74, 6) is 0. The lowest BCUT2D eigenvalue weighted by molar-refractivity contribution is -0.365. The fraction of sp³-hybridized carbons (Fsp3) is 0.846. The second-order valence-corrected chi connectivity index (χ2v) is 11.3. The third-order valence-corrected chi connectivity index (χ3v) is 8.10. The zero-order valence-corrected chi connectivity index (χ0v) is 24.8. The van der Waals surface area contributed by atoms with Crippen LogP contribution in [0.25, 0.3) is 0 Å². The number of carbonyl (C=O) groups is 2. The van der Waals surface area contributed by atoms with Gasteiger partial charge in [-0.3, -0.25) is 0 Å². The van der Waals surface area contributed by atoms with E-state index in [9.17, 15) is 76.0 Å². The monoisotopic (exact) mass is 689 g/mol. The molecule has 1 amide bonds. The smallest absolute Gasteiger partial charge is 0.408 e. The molecule has 3 rings (SSSR count). The summed E-state index contributed by atoms with van der Waals surface area (Å²) in [5, 5.41) is 133. The van der Waals surface area contributed by atoms with Gasteiger partial charge in [0.05, 0.1) is 32.0 Å². The molecular weight excluding hydrogens is 646 g/mol. The Balaban J connectivity index is 1.66. The molecule has 0 aromatic heterocycles. The number of carbonyl (C=O) groups excluding carboxylic acids is 2. The van der Waals surface area contributed by atoms with E-state index >= 15 is 0 Å². The lowest BCUT2D eigenvalue weighted by atomic mass is 9.88. The van der Waals surface area contributed by atoms with Crippen molar-refractivity contribution in [3.05, 3.63) is 11.6 Å². The Morgan fingerprint density at radius 1 is 0.894 bits per heavy atom. The molecule has 0 spiro atoms. The normalized spacial score (nSPS) is 42.0. The zero-order chi connectivity index (χ0) is 35.3. The number of aliphatic hydroxyl groups excluding tert-OH is 13. The van der Waals surface area contributed by atoms with Crippen molar-refractivity contribution in [3.63, 3.8) is 0 Å². The Morgan fingerprint density at radius 2 is 1.51 bits per heavy atom. The first kappa shape index (κ1) is 39.4. The number of alkyl carbamates (subject to hydrolysis) is 1. The Bertz CT molecular complexity index is 1050. The molecule has 18 atom stereocenters. The summed E-state index contributed by atoms with van der Waals surface area (Å²) in [6, 6.07) is -1.33. The maximum absolute atomic E-state index is 12.6. The Kier molecular flexibility index (Phi) is 14.3. The SMILES string of the molecule is C[C@H]1O[C@@H](OC2C(CO)OC(OC(C(O)C(O)C=O)[C@H](O)CO)[C@H](O)C2O)C(O)[C@@H](O)C1OC(=O)NC1C=C(CO)[C@@H](O)C(O)[C@H]1O. The predicted octanol–water partition coefficient (Wildman–Crippen LogP) is -8.59. The van der Waals surface area contributed by atoms with Gasteiger partial charge in [0.25, 0.3) is 0 Å². The van der Waals surface area contributed by atoms with Gasteiger partial charge in [-0.15, -0.1) is 0 Å². The van der Waals surface area contributed by atoms with Gasteiger partial charge in [-0.1, -0.05) is 6.08 Å². The van der Waals surface area contributed by atoms with Crippen molar-refractivity contribution in [2.24, 2.45) is 0 Å². The molecule has 0 bridgehead atoms. The minimum atomic E-state index is -2.13. The molecule has 0 aromatic carbocycles. The van der Waals surface area contributed by atoms with Gasteiger partial charge in [-0.05, 0) is 12.5 Å². The first-order chi connectivity index (χ1) is 22.1. The van der Waals surface area contributed by atoms with Gasteiger partial charge in [-0.25, -0.2) is 4.79 Å². The van der Waals surface area contributed by atoms with E-state index in [2.05, 4.69) is 5.32 Å². The summed E-state index contributed by atoms with van der Waals surface area (Å²) in [7, 11) is 0. The third kappa shape index (κ3) is 8.78. The highest BCUT2D eigenvalue weighted by Crippen LogP contribution is 2.31. The molecule has 2 aliphatic heterocycles. The van der Waals surface area contributed by atoms with Crippen molar-refractivity contribution in [1.29, 1.82) is 0 Å². The lowest BCUT2D eigenvalue weighted by Crippen LogP contribution is -2.65. The molecule has 2 saturated heterocycles. The average Bonchev–Trinajstić information content (AvgIpc) is 3.06. The number of nitrogens with one attached hydrogen (secondary N) is 1. The number of amides is 1. The highest BCUT2D eigenvalue weighted by Gasteiger charge is 2.52. The van der Waals surface area contributed by atoms with Gasteiger partial charge < -0.3 is 100 Å². The summed E-state index contributed by atoms with van der Waals surface area (Å²) >= 11 is 0. The first-order valence-electron chi connectivity index (χ1n) is 14.5. The van der Waals surface area contributed by atoms with Crippen LogP contribution in [-0.4, -0.2) is 209 Å². The molecule has 2 heterocycles. The van der Waals surface area contributed by atoms with Crippen molar-refractivity contribution in [3.8, 4) is 0 Å². The second-order valence-electron chi connectivity index (χ2n) is 11.3. The van der Waals surface area contributed by atoms with Crippen LogP contribution >= 0.6 is 0 Å². The van der Waals surface area contributed by atoms with Crippen LogP contribution < -0.4 is 5.32 Å². The Morgan fingerprint density at radius 3 is 2.09 bits per heavy atom. The van der Waals surface area contributed by atoms with Crippen LogP contribution in [0.4, 0.5) is 4.79 Å². The largest absolute Gasteiger partial charge is 0.441 e. The fourth-order valence-electron chi connectivity index (χ4n) is 5.31. The van der Waals surface area contributed by atoms with Crippen molar-refractivity contribution in [1.82, 2.24) is 5.32 Å². The van der Waals surface area contributed by atoms with Crippen LogP contribution in [0.15, 0.2) is 11.6 Å². The number of aldehydes is 1. The molecule has 0 saturated carbocycles. The van der Waals surface area contributed by atoms with E-state index in [0.717, 1.165) is 6.08 Å². The topological polar surface area (TPSA) is 355 Å². The molecule has 14 N–H and O–H groups in total. The molecule has 272 valence electrons. The van der Waals surface area contributed by atoms with Gasteiger partial charge in [0.1, 0.15) is 79.4 Å². The number of aliphatic hydroxyl groups is 13. The number of ether oxygens (including phenoxy) is 5. The number of rotatable bonds is 13. The van der Waals surface area contributed by atoms with Crippen LogP contribution in [0.2, 0.25) is 0 Å². The molecule has 1 aliphatic carbocycles. The molecular formula is C26H43NO20. The van der Waals surface area contributed by atoms with Gasteiger partial charge in [-0.2, -0.15) is 0 Å². The minimum Gasteiger partial charge on any atom is -0.441 e. The van der Waals surface area contributed by atoms with Gasteiger partial charge in [0.15, 0.2) is 25.0 Å². The summed E-state index contributed by atoms with van der Waals surface area (Å²) in [5.41, 5.74) is -0.0900.